The average Bonchev–Trinajstić information content (AvgIpc) is 2.60. The molecule has 0 spiro atoms. The van der Waals surface area contributed by atoms with Crippen LogP contribution in [0.25, 0.3) is 0 Å². The van der Waals surface area contributed by atoms with Crippen molar-refractivity contribution in [3.8, 4) is 0 Å². The molecule has 0 atom stereocenters. The molecule has 0 aliphatic carbocycles. The van der Waals surface area contributed by atoms with Gasteiger partial charge in [0, 0.05) is 35.7 Å². The first-order valence-electron chi connectivity index (χ1n) is 6.89. The van der Waals surface area contributed by atoms with E-state index in [2.05, 4.69) is 13.8 Å². The summed E-state index contributed by atoms with van der Waals surface area (Å²) in [6.45, 7) is 5.19. The van der Waals surface area contributed by atoms with Crippen LogP contribution >= 0.6 is 11.8 Å². The lowest BCUT2D eigenvalue weighted by molar-refractivity contribution is 0.415. The van der Waals surface area contributed by atoms with Crippen LogP contribution in [0.4, 0.5) is 4.39 Å². The smallest absolute Gasteiger partial charge is 0.243 e. The molecule has 4 nitrogen and oxygen atoms in total. The summed E-state index contributed by atoms with van der Waals surface area (Å²) in [7, 11) is -3.59. The lowest BCUT2D eigenvalue weighted by atomic mass is 10.1. The van der Waals surface area contributed by atoms with Crippen LogP contribution in [0.15, 0.2) is 23.1 Å². The third-order valence-corrected chi connectivity index (χ3v) is 6.94. The maximum Gasteiger partial charge on any atom is 0.243 e. The summed E-state index contributed by atoms with van der Waals surface area (Å²) in [4.78, 5) is 0.119. The lowest BCUT2D eigenvalue weighted by Crippen LogP contribution is -2.33. The highest BCUT2D eigenvalue weighted by atomic mass is 32.2. The maximum atomic E-state index is 13.5. The Labute approximate surface area is 129 Å². The van der Waals surface area contributed by atoms with Crippen LogP contribution in [0.3, 0.4) is 0 Å². The van der Waals surface area contributed by atoms with E-state index in [0.29, 0.717) is 13.1 Å². The third kappa shape index (κ3) is 3.77. The normalized spacial score (nSPS) is 20.2. The van der Waals surface area contributed by atoms with Gasteiger partial charge in [-0.3, -0.25) is 0 Å². The number of nitrogens with two attached hydrogens (primary N) is 1. The zero-order valence-corrected chi connectivity index (χ0v) is 13.9. The van der Waals surface area contributed by atoms with Crippen LogP contribution < -0.4 is 5.73 Å². The molecule has 0 amide bonds. The minimum Gasteiger partial charge on any atom is -0.326 e. The summed E-state index contributed by atoms with van der Waals surface area (Å²) < 4.78 is 40.4. The molecule has 0 saturated carbocycles. The Morgan fingerprint density at radius 2 is 2.10 bits per heavy atom. The van der Waals surface area contributed by atoms with E-state index in [4.69, 9.17) is 5.73 Å². The average molecular weight is 332 g/mol. The fourth-order valence-electron chi connectivity index (χ4n) is 2.26. The van der Waals surface area contributed by atoms with E-state index in [0.717, 1.165) is 12.2 Å². The molecule has 21 heavy (non-hydrogen) atoms. The molecule has 1 aliphatic rings. The highest BCUT2D eigenvalue weighted by molar-refractivity contribution is 8.00. The molecule has 0 aromatic heterocycles. The van der Waals surface area contributed by atoms with E-state index in [1.807, 2.05) is 0 Å². The van der Waals surface area contributed by atoms with E-state index >= 15 is 0 Å². The van der Waals surface area contributed by atoms with Crippen molar-refractivity contribution in [3.05, 3.63) is 29.6 Å². The van der Waals surface area contributed by atoms with E-state index in [9.17, 15) is 12.8 Å². The minimum absolute atomic E-state index is 0.0158. The summed E-state index contributed by atoms with van der Waals surface area (Å²) in [5.74, 6) is 0.293. The number of hydrogen-bond acceptors (Lipinski definition) is 4. The quantitative estimate of drug-likeness (QED) is 0.921. The maximum absolute atomic E-state index is 13.5. The first kappa shape index (κ1) is 16.7. The van der Waals surface area contributed by atoms with E-state index < -0.39 is 15.8 Å². The summed E-state index contributed by atoms with van der Waals surface area (Å²) >= 11 is 1.78. The monoisotopic (exact) mass is 332 g/mol. The molecule has 1 fully saturated rings. The Morgan fingerprint density at radius 1 is 1.38 bits per heavy atom. The summed E-state index contributed by atoms with van der Waals surface area (Å²) in [5, 5.41) is 0. The molecule has 2 N–H and O–H groups in total. The summed E-state index contributed by atoms with van der Waals surface area (Å²) in [5.41, 5.74) is 5.67. The predicted molar refractivity (Wildman–Crippen MR) is 84.2 cm³/mol. The van der Waals surface area contributed by atoms with Gasteiger partial charge in [0.2, 0.25) is 10.0 Å². The molecule has 118 valence electrons. The van der Waals surface area contributed by atoms with Gasteiger partial charge in [0.05, 0.1) is 4.90 Å². The fourth-order valence-corrected chi connectivity index (χ4v) is 4.97. The van der Waals surface area contributed by atoms with Crippen molar-refractivity contribution in [2.45, 2.75) is 36.5 Å². The number of rotatable bonds is 3. The number of halogens is 1. The second-order valence-corrected chi connectivity index (χ2v) is 9.46. The largest absolute Gasteiger partial charge is 0.326 e. The summed E-state index contributed by atoms with van der Waals surface area (Å²) in [6, 6.07) is 3.83. The first-order chi connectivity index (χ1) is 9.76. The van der Waals surface area contributed by atoms with Crippen molar-refractivity contribution in [2.75, 3.05) is 18.8 Å². The van der Waals surface area contributed by atoms with Gasteiger partial charge in [-0.05, 0) is 24.6 Å². The van der Waals surface area contributed by atoms with E-state index in [1.54, 1.807) is 11.8 Å². The molecule has 1 saturated heterocycles. The van der Waals surface area contributed by atoms with Crippen molar-refractivity contribution < 1.29 is 12.8 Å². The van der Waals surface area contributed by atoms with Gasteiger partial charge in [-0.1, -0.05) is 13.8 Å². The Hall–Kier alpha value is -0.630. The van der Waals surface area contributed by atoms with Crippen LogP contribution in [0.2, 0.25) is 0 Å². The molecule has 2 rings (SSSR count). The van der Waals surface area contributed by atoms with Gasteiger partial charge < -0.3 is 5.73 Å². The minimum atomic E-state index is -3.59. The highest BCUT2D eigenvalue weighted by Gasteiger charge is 2.31. The van der Waals surface area contributed by atoms with Gasteiger partial charge in [-0.25, -0.2) is 12.8 Å². The number of nitrogens with zero attached hydrogens (tertiary/aromatic N) is 1. The number of thioether (sulfide) groups is 1. The zero-order chi connectivity index (χ0) is 15.7. The van der Waals surface area contributed by atoms with Gasteiger partial charge in [-0.2, -0.15) is 16.1 Å². The molecule has 0 radical (unpaired) electrons. The number of sulfonamides is 1. The Balaban J connectivity index is 2.29. The van der Waals surface area contributed by atoms with Crippen molar-refractivity contribution in [1.82, 2.24) is 4.31 Å². The molecule has 1 heterocycles. The topological polar surface area (TPSA) is 63.4 Å². The second-order valence-electron chi connectivity index (χ2n) is 5.72. The van der Waals surface area contributed by atoms with Crippen molar-refractivity contribution in [2.24, 2.45) is 5.73 Å². The summed E-state index contributed by atoms with van der Waals surface area (Å²) in [6.07, 6.45) is 0.793. The van der Waals surface area contributed by atoms with Crippen molar-refractivity contribution in [1.29, 1.82) is 0 Å². The Kier molecular flexibility index (Phi) is 4.97. The van der Waals surface area contributed by atoms with Crippen LogP contribution in [-0.4, -0.2) is 36.3 Å². The van der Waals surface area contributed by atoms with Gasteiger partial charge >= 0.3 is 0 Å². The van der Waals surface area contributed by atoms with Crippen LogP contribution in [0, 0.1) is 5.82 Å². The lowest BCUT2D eigenvalue weighted by Gasteiger charge is -2.22. The van der Waals surface area contributed by atoms with Crippen LogP contribution in [0.5, 0.6) is 0 Å². The molecule has 1 aliphatic heterocycles. The number of hydrogen-bond donors (Lipinski definition) is 1. The standard InChI is InChI=1S/C14H21FN2O2S2/c1-14(2)5-6-17(7-8-20-14)21(18,19)12-3-4-13(15)11(9-12)10-16/h3-4,9H,5-8,10,16H2,1-2H3. The van der Waals surface area contributed by atoms with Gasteiger partial charge in [0.1, 0.15) is 5.82 Å². The number of benzene rings is 1. The van der Waals surface area contributed by atoms with Crippen LogP contribution in [-0.2, 0) is 16.6 Å². The molecule has 1 aromatic carbocycles. The molecular weight excluding hydrogens is 311 g/mol. The van der Waals surface area contributed by atoms with Crippen molar-refractivity contribution >= 4 is 21.8 Å². The van der Waals surface area contributed by atoms with Gasteiger partial charge in [0.15, 0.2) is 0 Å². The molecular formula is C14H21FN2O2S2. The Morgan fingerprint density at radius 3 is 2.76 bits per heavy atom. The predicted octanol–water partition coefficient (Wildman–Crippen LogP) is 2.19. The molecule has 0 unspecified atom stereocenters. The highest BCUT2D eigenvalue weighted by Crippen LogP contribution is 2.32. The van der Waals surface area contributed by atoms with Gasteiger partial charge in [0.25, 0.3) is 0 Å². The zero-order valence-electron chi connectivity index (χ0n) is 12.3. The van der Waals surface area contributed by atoms with Crippen molar-refractivity contribution in [3.63, 3.8) is 0 Å². The van der Waals surface area contributed by atoms with Gasteiger partial charge in [-0.15, -0.1) is 0 Å². The first-order valence-corrected chi connectivity index (χ1v) is 9.31. The Bertz CT molecular complexity index is 617. The molecule has 7 heteroatoms. The van der Waals surface area contributed by atoms with E-state index in [-0.39, 0.29) is 21.8 Å². The second kappa shape index (κ2) is 6.24. The van der Waals surface area contributed by atoms with E-state index in [1.165, 1.54) is 22.5 Å². The molecule has 0 bridgehead atoms. The van der Waals surface area contributed by atoms with Crippen LogP contribution in [0.1, 0.15) is 25.8 Å². The SMILES string of the molecule is CC1(C)CCN(S(=O)(=O)c2ccc(F)c(CN)c2)CCS1. The fraction of sp³-hybridized carbons (Fsp3) is 0.571. The third-order valence-electron chi connectivity index (χ3n) is 3.67. The molecule has 1 aromatic rings.